The van der Waals surface area contributed by atoms with E-state index >= 15 is 0 Å². The molecule has 0 saturated carbocycles. The Kier molecular flexibility index (Phi) is 4.39. The normalized spacial score (nSPS) is 14.4. The molecule has 3 nitrogen and oxygen atoms in total. The number of aromatic nitrogens is 1. The van der Waals surface area contributed by atoms with Crippen LogP contribution in [0.1, 0.15) is 23.4 Å². The number of H-pyrrole nitrogens is 1. The quantitative estimate of drug-likeness (QED) is 0.652. The Balaban J connectivity index is 1.72. The second-order valence-corrected chi connectivity index (χ2v) is 6.33. The highest BCUT2D eigenvalue weighted by Crippen LogP contribution is 2.22. The summed E-state index contributed by atoms with van der Waals surface area (Å²) in [5.74, 6) is 0. The van der Waals surface area contributed by atoms with E-state index < -0.39 is 0 Å². The van der Waals surface area contributed by atoms with Gasteiger partial charge in [-0.1, -0.05) is 24.3 Å². The van der Waals surface area contributed by atoms with E-state index in [-0.39, 0.29) is 18.7 Å². The lowest BCUT2D eigenvalue weighted by Gasteiger charge is -2.21. The van der Waals surface area contributed by atoms with Crippen LogP contribution in [-0.4, -0.2) is 22.7 Å². The van der Waals surface area contributed by atoms with E-state index in [4.69, 9.17) is 0 Å². The molecule has 3 rings (SSSR count). The van der Waals surface area contributed by atoms with Gasteiger partial charge in [0.2, 0.25) is 0 Å². The van der Waals surface area contributed by atoms with E-state index in [0.717, 1.165) is 11.9 Å². The molecule has 2 atom stereocenters. The van der Waals surface area contributed by atoms with Gasteiger partial charge in [-0.15, -0.1) is 11.3 Å². The zero-order chi connectivity index (χ0) is 14.7. The van der Waals surface area contributed by atoms with Crippen molar-refractivity contribution < 1.29 is 5.11 Å². The minimum atomic E-state index is 0.0568. The van der Waals surface area contributed by atoms with Gasteiger partial charge in [-0.3, -0.25) is 0 Å². The molecule has 0 aliphatic carbocycles. The molecule has 2 aromatic heterocycles. The van der Waals surface area contributed by atoms with Crippen molar-refractivity contribution in [1.82, 2.24) is 10.3 Å². The van der Waals surface area contributed by atoms with Crippen molar-refractivity contribution in [3.05, 3.63) is 58.4 Å². The van der Waals surface area contributed by atoms with Crippen LogP contribution in [0.2, 0.25) is 0 Å². The standard InChI is InChI=1S/C17H20N2OS/c1-12(17-7-4-8-21-17)19-14(11-20)9-13-10-18-16-6-3-2-5-15(13)16/h2-8,10,12,14,18-20H,9,11H2,1H3/t12-,14-/m0/s1. The number of aliphatic hydroxyl groups is 1. The van der Waals surface area contributed by atoms with E-state index in [1.807, 2.05) is 12.3 Å². The number of aromatic amines is 1. The zero-order valence-electron chi connectivity index (χ0n) is 12.0. The summed E-state index contributed by atoms with van der Waals surface area (Å²) in [5.41, 5.74) is 2.39. The van der Waals surface area contributed by atoms with E-state index in [2.05, 4.69) is 52.9 Å². The van der Waals surface area contributed by atoms with Gasteiger partial charge in [0, 0.05) is 34.1 Å². The SMILES string of the molecule is C[C@H](N[C@H](CO)Cc1c[nH]c2ccccc12)c1cccs1. The number of hydrogen-bond donors (Lipinski definition) is 3. The average Bonchev–Trinajstić information content (AvgIpc) is 3.16. The van der Waals surface area contributed by atoms with Crippen LogP contribution in [0.5, 0.6) is 0 Å². The van der Waals surface area contributed by atoms with Gasteiger partial charge in [0.25, 0.3) is 0 Å². The van der Waals surface area contributed by atoms with Crippen molar-refractivity contribution >= 4 is 22.2 Å². The number of rotatable bonds is 6. The summed E-state index contributed by atoms with van der Waals surface area (Å²) in [5, 5.41) is 16.5. The van der Waals surface area contributed by atoms with Crippen molar-refractivity contribution in [1.29, 1.82) is 0 Å². The average molecular weight is 300 g/mol. The number of aliphatic hydroxyl groups excluding tert-OH is 1. The molecule has 3 aromatic rings. The maximum absolute atomic E-state index is 9.67. The van der Waals surface area contributed by atoms with Gasteiger partial charge in [0.15, 0.2) is 0 Å². The summed E-state index contributed by atoms with van der Waals surface area (Å²) in [6, 6.07) is 12.8. The Morgan fingerprint density at radius 2 is 2.10 bits per heavy atom. The number of thiophene rings is 1. The van der Waals surface area contributed by atoms with Gasteiger partial charge in [0.05, 0.1) is 6.61 Å². The lowest BCUT2D eigenvalue weighted by atomic mass is 10.0. The van der Waals surface area contributed by atoms with Crippen molar-refractivity contribution in [2.24, 2.45) is 0 Å². The van der Waals surface area contributed by atoms with Crippen LogP contribution in [0.15, 0.2) is 48.0 Å². The molecule has 1 aromatic carbocycles. The number of fused-ring (bicyclic) bond motifs is 1. The Hall–Kier alpha value is -1.62. The molecule has 21 heavy (non-hydrogen) atoms. The molecule has 0 amide bonds. The molecule has 0 spiro atoms. The van der Waals surface area contributed by atoms with Crippen LogP contribution >= 0.6 is 11.3 Å². The van der Waals surface area contributed by atoms with Crippen molar-refractivity contribution in [3.63, 3.8) is 0 Å². The van der Waals surface area contributed by atoms with Crippen LogP contribution < -0.4 is 5.32 Å². The number of hydrogen-bond acceptors (Lipinski definition) is 3. The van der Waals surface area contributed by atoms with Gasteiger partial charge < -0.3 is 15.4 Å². The molecule has 4 heteroatoms. The molecular formula is C17H20N2OS. The monoisotopic (exact) mass is 300 g/mol. The predicted molar refractivity (Wildman–Crippen MR) is 88.7 cm³/mol. The van der Waals surface area contributed by atoms with Crippen LogP contribution in [0.4, 0.5) is 0 Å². The summed E-state index contributed by atoms with van der Waals surface area (Å²) in [6.07, 6.45) is 2.86. The highest BCUT2D eigenvalue weighted by molar-refractivity contribution is 7.10. The third kappa shape index (κ3) is 3.18. The van der Waals surface area contributed by atoms with Crippen LogP contribution in [-0.2, 0) is 6.42 Å². The highest BCUT2D eigenvalue weighted by Gasteiger charge is 2.15. The fourth-order valence-electron chi connectivity index (χ4n) is 2.72. The van der Waals surface area contributed by atoms with E-state index in [1.54, 1.807) is 11.3 Å². The Morgan fingerprint density at radius 1 is 1.24 bits per heavy atom. The van der Waals surface area contributed by atoms with E-state index in [1.165, 1.54) is 15.8 Å². The van der Waals surface area contributed by atoms with Gasteiger partial charge in [-0.2, -0.15) is 0 Å². The Morgan fingerprint density at radius 3 is 2.86 bits per heavy atom. The number of benzene rings is 1. The zero-order valence-corrected chi connectivity index (χ0v) is 12.9. The maximum Gasteiger partial charge on any atom is 0.0588 e. The fourth-order valence-corrected chi connectivity index (χ4v) is 3.46. The Bertz CT molecular complexity index is 690. The lowest BCUT2D eigenvalue weighted by molar-refractivity contribution is 0.233. The second kappa shape index (κ2) is 6.43. The summed E-state index contributed by atoms with van der Waals surface area (Å²) >= 11 is 1.74. The largest absolute Gasteiger partial charge is 0.395 e. The first kappa shape index (κ1) is 14.3. The summed E-state index contributed by atoms with van der Waals surface area (Å²) in [7, 11) is 0. The van der Waals surface area contributed by atoms with Gasteiger partial charge in [0.1, 0.15) is 0 Å². The number of nitrogens with one attached hydrogen (secondary N) is 2. The topological polar surface area (TPSA) is 48.0 Å². The van der Waals surface area contributed by atoms with Gasteiger partial charge in [-0.25, -0.2) is 0 Å². The second-order valence-electron chi connectivity index (χ2n) is 5.35. The highest BCUT2D eigenvalue weighted by atomic mass is 32.1. The van der Waals surface area contributed by atoms with E-state index in [9.17, 15) is 5.11 Å². The van der Waals surface area contributed by atoms with Gasteiger partial charge in [-0.05, 0) is 36.4 Å². The van der Waals surface area contributed by atoms with Crippen molar-refractivity contribution in [3.8, 4) is 0 Å². The van der Waals surface area contributed by atoms with Crippen LogP contribution in [0, 0.1) is 0 Å². The molecular weight excluding hydrogens is 280 g/mol. The molecule has 0 aliphatic heterocycles. The number of para-hydroxylation sites is 1. The van der Waals surface area contributed by atoms with Gasteiger partial charge >= 0.3 is 0 Å². The lowest BCUT2D eigenvalue weighted by Crippen LogP contribution is -2.36. The minimum Gasteiger partial charge on any atom is -0.395 e. The third-order valence-corrected chi connectivity index (χ3v) is 4.87. The third-order valence-electron chi connectivity index (χ3n) is 3.82. The first-order valence-electron chi connectivity index (χ1n) is 7.23. The molecule has 0 bridgehead atoms. The van der Waals surface area contributed by atoms with Crippen LogP contribution in [0.3, 0.4) is 0 Å². The first-order chi connectivity index (χ1) is 10.3. The summed E-state index contributed by atoms with van der Waals surface area (Å²) in [6.45, 7) is 2.28. The minimum absolute atomic E-state index is 0.0568. The summed E-state index contributed by atoms with van der Waals surface area (Å²) < 4.78 is 0. The molecule has 0 aliphatic rings. The molecule has 0 saturated heterocycles. The first-order valence-corrected chi connectivity index (χ1v) is 8.11. The molecule has 0 radical (unpaired) electrons. The van der Waals surface area contributed by atoms with Crippen molar-refractivity contribution in [2.75, 3.05) is 6.61 Å². The van der Waals surface area contributed by atoms with Crippen LogP contribution in [0.25, 0.3) is 10.9 Å². The Labute approximate surface area is 128 Å². The molecule has 3 N–H and O–H groups in total. The fraction of sp³-hybridized carbons (Fsp3) is 0.294. The molecule has 110 valence electrons. The molecule has 0 fully saturated rings. The molecule has 2 heterocycles. The van der Waals surface area contributed by atoms with E-state index in [0.29, 0.717) is 0 Å². The van der Waals surface area contributed by atoms with Crippen molar-refractivity contribution in [2.45, 2.75) is 25.4 Å². The molecule has 0 unspecified atom stereocenters. The summed E-state index contributed by atoms with van der Waals surface area (Å²) in [4.78, 5) is 4.59. The maximum atomic E-state index is 9.67. The predicted octanol–water partition coefficient (Wildman–Crippen LogP) is 3.48. The smallest absolute Gasteiger partial charge is 0.0588 e.